The van der Waals surface area contributed by atoms with Crippen LogP contribution in [-0.4, -0.2) is 47.7 Å². The maximum atomic E-state index is 13.0. The molecule has 0 saturated heterocycles. The van der Waals surface area contributed by atoms with Crippen LogP contribution in [0.15, 0.2) is 48.5 Å². The lowest BCUT2D eigenvalue weighted by Crippen LogP contribution is -2.32. The van der Waals surface area contributed by atoms with E-state index in [1.807, 2.05) is 30.3 Å². The molecule has 6 nitrogen and oxygen atoms in total. The molecule has 2 N–H and O–H groups in total. The van der Waals surface area contributed by atoms with E-state index in [1.54, 1.807) is 17.0 Å². The number of carbonyl (C=O) groups excluding carboxylic acids is 3. The van der Waals surface area contributed by atoms with Crippen LogP contribution in [0.1, 0.15) is 43.1 Å². The summed E-state index contributed by atoms with van der Waals surface area (Å²) in [5.74, 6) is -0.899. The molecular weight excluding hydrogens is 330 g/mol. The maximum Gasteiger partial charge on any atom is 0.261 e. The quantitative estimate of drug-likeness (QED) is 0.806. The normalized spacial score (nSPS) is 13.1. The van der Waals surface area contributed by atoms with E-state index >= 15 is 0 Å². The number of nitrogens with zero attached hydrogens (tertiary/aromatic N) is 2. The van der Waals surface area contributed by atoms with Gasteiger partial charge in [0.25, 0.3) is 17.7 Å². The number of rotatable bonds is 6. The molecule has 0 aliphatic carbocycles. The highest BCUT2D eigenvalue weighted by atomic mass is 16.2. The second-order valence-electron chi connectivity index (χ2n) is 6.28. The third kappa shape index (κ3) is 3.36. The van der Waals surface area contributed by atoms with Gasteiger partial charge in [0.05, 0.1) is 11.1 Å². The Kier molecular flexibility index (Phi) is 5.14. The molecule has 0 atom stereocenters. The fourth-order valence-corrected chi connectivity index (χ4v) is 3.02. The van der Waals surface area contributed by atoms with Gasteiger partial charge < -0.3 is 10.6 Å². The van der Waals surface area contributed by atoms with E-state index in [-0.39, 0.29) is 23.3 Å². The monoisotopic (exact) mass is 351 g/mol. The minimum Gasteiger partial charge on any atom is -0.334 e. The lowest BCUT2D eigenvalue weighted by atomic mass is 10.0. The molecule has 26 heavy (non-hydrogen) atoms. The van der Waals surface area contributed by atoms with Crippen molar-refractivity contribution in [2.75, 3.05) is 20.1 Å². The van der Waals surface area contributed by atoms with Gasteiger partial charge in [-0.1, -0.05) is 30.3 Å². The summed E-state index contributed by atoms with van der Waals surface area (Å²) in [6.45, 7) is 1.47. The van der Waals surface area contributed by atoms with Crippen molar-refractivity contribution in [3.63, 3.8) is 0 Å². The van der Waals surface area contributed by atoms with Gasteiger partial charge in [0.15, 0.2) is 0 Å². The van der Waals surface area contributed by atoms with Crippen molar-refractivity contribution in [1.82, 2.24) is 9.80 Å². The van der Waals surface area contributed by atoms with E-state index in [0.717, 1.165) is 10.5 Å². The molecule has 2 aromatic carbocycles. The largest absolute Gasteiger partial charge is 0.334 e. The molecule has 3 amide bonds. The van der Waals surface area contributed by atoms with Crippen LogP contribution in [0.2, 0.25) is 0 Å². The molecule has 0 radical (unpaired) electrons. The highest BCUT2D eigenvalue weighted by molar-refractivity contribution is 6.21. The number of fused-ring (bicyclic) bond motifs is 1. The van der Waals surface area contributed by atoms with Gasteiger partial charge in [-0.3, -0.25) is 19.3 Å². The molecule has 0 aromatic heterocycles. The molecule has 0 saturated carbocycles. The van der Waals surface area contributed by atoms with Crippen LogP contribution in [0.25, 0.3) is 0 Å². The van der Waals surface area contributed by atoms with Crippen molar-refractivity contribution in [3.05, 3.63) is 70.8 Å². The minimum absolute atomic E-state index is 0.181. The molecule has 6 heteroatoms. The third-order valence-corrected chi connectivity index (χ3v) is 4.47. The van der Waals surface area contributed by atoms with Crippen molar-refractivity contribution in [2.45, 2.75) is 13.0 Å². The zero-order chi connectivity index (χ0) is 18.7. The number of amides is 3. The first-order chi connectivity index (χ1) is 12.5. The summed E-state index contributed by atoms with van der Waals surface area (Å²) >= 11 is 0. The van der Waals surface area contributed by atoms with E-state index in [2.05, 4.69) is 0 Å². The van der Waals surface area contributed by atoms with Gasteiger partial charge in [0, 0.05) is 25.7 Å². The summed E-state index contributed by atoms with van der Waals surface area (Å²) in [6, 6.07) is 14.4. The van der Waals surface area contributed by atoms with Crippen molar-refractivity contribution < 1.29 is 14.4 Å². The first kappa shape index (κ1) is 17.8. The Morgan fingerprint density at radius 2 is 1.73 bits per heavy atom. The fourth-order valence-electron chi connectivity index (χ4n) is 3.02. The summed E-state index contributed by atoms with van der Waals surface area (Å²) in [7, 11) is 1.44. The molecule has 0 bridgehead atoms. The van der Waals surface area contributed by atoms with E-state index in [1.165, 1.54) is 13.1 Å². The van der Waals surface area contributed by atoms with E-state index in [9.17, 15) is 14.4 Å². The van der Waals surface area contributed by atoms with Crippen LogP contribution < -0.4 is 5.73 Å². The van der Waals surface area contributed by atoms with Gasteiger partial charge in [-0.05, 0) is 36.7 Å². The Morgan fingerprint density at radius 1 is 1.04 bits per heavy atom. The van der Waals surface area contributed by atoms with E-state index in [4.69, 9.17) is 5.73 Å². The lowest BCUT2D eigenvalue weighted by molar-refractivity contribution is 0.0692. The third-order valence-electron chi connectivity index (χ3n) is 4.47. The van der Waals surface area contributed by atoms with Gasteiger partial charge in [-0.25, -0.2) is 0 Å². The number of hydrogen-bond donors (Lipinski definition) is 1. The summed E-state index contributed by atoms with van der Waals surface area (Å²) < 4.78 is 0. The Hall–Kier alpha value is -2.99. The Balaban J connectivity index is 1.87. The zero-order valence-electron chi connectivity index (χ0n) is 14.6. The lowest BCUT2D eigenvalue weighted by Gasteiger charge is -2.23. The molecule has 0 unspecified atom stereocenters. The van der Waals surface area contributed by atoms with E-state index < -0.39 is 0 Å². The van der Waals surface area contributed by atoms with Crippen LogP contribution in [0, 0.1) is 0 Å². The molecule has 134 valence electrons. The average Bonchev–Trinajstić information content (AvgIpc) is 2.89. The number of benzene rings is 2. The first-order valence-corrected chi connectivity index (χ1v) is 8.52. The molecular formula is C20H21N3O3. The van der Waals surface area contributed by atoms with Gasteiger partial charge in [0.2, 0.25) is 0 Å². The van der Waals surface area contributed by atoms with Gasteiger partial charge in [-0.15, -0.1) is 0 Å². The van der Waals surface area contributed by atoms with Crippen LogP contribution >= 0.6 is 0 Å². The molecule has 1 aliphatic heterocycles. The number of nitrogens with two attached hydrogens (primary N) is 1. The minimum atomic E-state index is -0.379. The van der Waals surface area contributed by atoms with E-state index in [0.29, 0.717) is 37.2 Å². The second-order valence-corrected chi connectivity index (χ2v) is 6.28. The molecule has 0 spiro atoms. The number of imide groups is 1. The predicted octanol–water partition coefficient (Wildman–Crippen LogP) is 1.90. The summed E-state index contributed by atoms with van der Waals surface area (Å²) in [6.07, 6.45) is 0.684. The first-order valence-electron chi connectivity index (χ1n) is 8.52. The topological polar surface area (TPSA) is 83.7 Å². The van der Waals surface area contributed by atoms with Crippen molar-refractivity contribution in [1.29, 1.82) is 0 Å². The molecule has 3 rings (SSSR count). The highest BCUT2D eigenvalue weighted by Crippen LogP contribution is 2.23. The van der Waals surface area contributed by atoms with Crippen LogP contribution in [0.4, 0.5) is 0 Å². The second kappa shape index (κ2) is 7.49. The molecule has 0 fully saturated rings. The average molecular weight is 351 g/mol. The standard InChI is InChI=1S/C20H21N3O3/c1-22-19(25)16-9-8-15(12-17(16)20(22)26)18(24)23(11-5-10-21)13-14-6-3-2-4-7-14/h2-4,6-9,12H,5,10-11,13,21H2,1H3. The van der Waals surface area contributed by atoms with Gasteiger partial charge >= 0.3 is 0 Å². The Morgan fingerprint density at radius 3 is 2.42 bits per heavy atom. The zero-order valence-corrected chi connectivity index (χ0v) is 14.6. The predicted molar refractivity (Wildman–Crippen MR) is 97.7 cm³/mol. The van der Waals surface area contributed by atoms with Crippen molar-refractivity contribution in [3.8, 4) is 0 Å². The highest BCUT2D eigenvalue weighted by Gasteiger charge is 2.33. The Bertz CT molecular complexity index is 849. The van der Waals surface area contributed by atoms with Crippen molar-refractivity contribution >= 4 is 17.7 Å². The van der Waals surface area contributed by atoms with Gasteiger partial charge in [0.1, 0.15) is 0 Å². The molecule has 2 aromatic rings. The van der Waals surface area contributed by atoms with Crippen LogP contribution in [0.3, 0.4) is 0 Å². The maximum absolute atomic E-state index is 13.0. The van der Waals surface area contributed by atoms with Gasteiger partial charge in [-0.2, -0.15) is 0 Å². The van der Waals surface area contributed by atoms with Crippen LogP contribution in [0.5, 0.6) is 0 Å². The summed E-state index contributed by atoms with van der Waals surface area (Å²) in [5.41, 5.74) is 7.64. The molecule has 1 aliphatic rings. The SMILES string of the molecule is CN1C(=O)c2ccc(C(=O)N(CCCN)Cc3ccccc3)cc2C1=O. The molecule has 1 heterocycles. The number of hydrogen-bond acceptors (Lipinski definition) is 4. The summed E-state index contributed by atoms with van der Waals surface area (Å²) in [4.78, 5) is 40.0. The number of carbonyl (C=O) groups is 3. The smallest absolute Gasteiger partial charge is 0.261 e. The van der Waals surface area contributed by atoms with Crippen LogP contribution in [-0.2, 0) is 6.54 Å². The Labute approximate surface area is 152 Å². The van der Waals surface area contributed by atoms with Crippen molar-refractivity contribution in [2.24, 2.45) is 5.73 Å². The fraction of sp³-hybridized carbons (Fsp3) is 0.250. The summed E-state index contributed by atoms with van der Waals surface area (Å²) in [5, 5.41) is 0.